The first-order valence-electron chi connectivity index (χ1n) is 9.38. The molecule has 0 unspecified atom stereocenters. The van der Waals surface area contributed by atoms with E-state index >= 15 is 0 Å². The molecule has 29 heavy (non-hydrogen) atoms. The number of ether oxygens (including phenoxy) is 1. The van der Waals surface area contributed by atoms with Crippen LogP contribution >= 0.6 is 11.8 Å². The molecule has 4 rings (SSSR count). The highest BCUT2D eigenvalue weighted by Gasteiger charge is 2.27. The summed E-state index contributed by atoms with van der Waals surface area (Å²) in [7, 11) is 1.88. The molecule has 0 aliphatic rings. The van der Waals surface area contributed by atoms with Gasteiger partial charge in [0.15, 0.2) is 5.65 Å². The average Bonchev–Trinajstić information content (AvgIpc) is 3.10. The second kappa shape index (κ2) is 8.09. The lowest BCUT2D eigenvalue weighted by atomic mass is 10.0. The lowest BCUT2D eigenvalue weighted by molar-refractivity contribution is 0.0523. The number of nitrogens with zero attached hydrogens (tertiary/aromatic N) is 3. The minimum absolute atomic E-state index is 0.303. The van der Waals surface area contributed by atoms with Crippen molar-refractivity contribution in [1.82, 2.24) is 14.8 Å². The summed E-state index contributed by atoms with van der Waals surface area (Å²) in [6.45, 7) is 2.11. The van der Waals surface area contributed by atoms with Gasteiger partial charge in [0.25, 0.3) is 0 Å². The highest BCUT2D eigenvalue weighted by Crippen LogP contribution is 2.40. The first kappa shape index (κ1) is 19.2. The second-order valence-electron chi connectivity index (χ2n) is 6.49. The van der Waals surface area contributed by atoms with E-state index in [1.165, 1.54) is 11.8 Å². The van der Waals surface area contributed by atoms with Crippen LogP contribution in [0.25, 0.3) is 33.5 Å². The molecule has 2 heterocycles. The molecule has 0 atom stereocenters. The Morgan fingerprint density at radius 1 is 1.00 bits per heavy atom. The molecule has 0 aliphatic heterocycles. The molecule has 4 aromatic rings. The number of carbonyl (C=O) groups is 1. The van der Waals surface area contributed by atoms with Crippen LogP contribution in [0.2, 0.25) is 0 Å². The van der Waals surface area contributed by atoms with E-state index in [9.17, 15) is 4.79 Å². The summed E-state index contributed by atoms with van der Waals surface area (Å²) in [6, 6.07) is 19.7. The van der Waals surface area contributed by atoms with Gasteiger partial charge in [0.1, 0.15) is 11.3 Å². The Balaban J connectivity index is 2.11. The van der Waals surface area contributed by atoms with Gasteiger partial charge < -0.3 is 4.74 Å². The highest BCUT2D eigenvalue weighted by molar-refractivity contribution is 7.99. The Kier molecular flexibility index (Phi) is 5.36. The summed E-state index contributed by atoms with van der Waals surface area (Å²) in [5.41, 5.74) is 4.50. The number of rotatable bonds is 5. The largest absolute Gasteiger partial charge is 0.462 e. The number of fused-ring (bicyclic) bond motifs is 1. The number of aromatic nitrogens is 3. The summed E-state index contributed by atoms with van der Waals surface area (Å²) in [6.07, 6.45) is 1.97. The summed E-state index contributed by atoms with van der Waals surface area (Å²) in [4.78, 5) is 18.7. The first-order valence-corrected chi connectivity index (χ1v) is 10.6. The fourth-order valence-electron chi connectivity index (χ4n) is 3.45. The molecule has 0 radical (unpaired) electrons. The highest BCUT2D eigenvalue weighted by atomic mass is 32.2. The van der Waals surface area contributed by atoms with Crippen LogP contribution in [0.3, 0.4) is 0 Å². The van der Waals surface area contributed by atoms with Gasteiger partial charge in [-0.05, 0) is 13.2 Å². The van der Waals surface area contributed by atoms with Crippen LogP contribution in [0.4, 0.5) is 0 Å². The van der Waals surface area contributed by atoms with Gasteiger partial charge in [-0.3, -0.25) is 0 Å². The Hall–Kier alpha value is -3.12. The third-order valence-corrected chi connectivity index (χ3v) is 5.52. The molecule has 0 fully saturated rings. The van der Waals surface area contributed by atoms with Crippen molar-refractivity contribution in [3.8, 4) is 22.5 Å². The SMILES string of the molecule is CCOC(=O)c1c(-c2ccccc2)nc2c(c(-c3ccccc3)nn2C)c1SC. The van der Waals surface area contributed by atoms with E-state index < -0.39 is 0 Å². The zero-order valence-corrected chi connectivity index (χ0v) is 17.4. The number of aryl methyl sites for hydroxylation is 1. The third kappa shape index (κ3) is 3.40. The third-order valence-electron chi connectivity index (χ3n) is 4.70. The first-order chi connectivity index (χ1) is 14.2. The Bertz CT molecular complexity index is 1170. The van der Waals surface area contributed by atoms with E-state index in [1.54, 1.807) is 4.68 Å². The van der Waals surface area contributed by atoms with Crippen molar-refractivity contribution in [1.29, 1.82) is 0 Å². The Morgan fingerprint density at radius 3 is 2.14 bits per heavy atom. The molecule has 6 heteroatoms. The van der Waals surface area contributed by atoms with Crippen molar-refractivity contribution in [3.05, 3.63) is 66.2 Å². The van der Waals surface area contributed by atoms with Crippen molar-refractivity contribution in [2.24, 2.45) is 7.05 Å². The van der Waals surface area contributed by atoms with Gasteiger partial charge in [-0.25, -0.2) is 14.5 Å². The van der Waals surface area contributed by atoms with E-state index in [4.69, 9.17) is 14.8 Å². The van der Waals surface area contributed by atoms with Crippen molar-refractivity contribution in [2.75, 3.05) is 12.9 Å². The number of benzene rings is 2. The summed E-state index contributed by atoms with van der Waals surface area (Å²) in [5.74, 6) is -0.368. The summed E-state index contributed by atoms with van der Waals surface area (Å²) < 4.78 is 7.19. The maximum Gasteiger partial charge on any atom is 0.341 e. The maximum absolute atomic E-state index is 13.0. The molecule has 5 nitrogen and oxygen atoms in total. The number of esters is 1. The van der Waals surface area contributed by atoms with Crippen LogP contribution in [0.15, 0.2) is 65.6 Å². The van der Waals surface area contributed by atoms with Crippen LogP contribution in [-0.4, -0.2) is 33.6 Å². The number of carbonyl (C=O) groups excluding carboxylic acids is 1. The Morgan fingerprint density at radius 2 is 1.59 bits per heavy atom. The van der Waals surface area contributed by atoms with Gasteiger partial charge in [0, 0.05) is 23.1 Å². The number of thioether (sulfide) groups is 1. The number of hydrogen-bond donors (Lipinski definition) is 0. The van der Waals surface area contributed by atoms with Crippen molar-refractivity contribution >= 4 is 28.8 Å². The molecule has 0 aliphatic carbocycles. The molecule has 2 aromatic heterocycles. The molecule has 146 valence electrons. The second-order valence-corrected chi connectivity index (χ2v) is 7.31. The topological polar surface area (TPSA) is 57.0 Å². The minimum Gasteiger partial charge on any atom is -0.462 e. The molecular weight excluding hydrogens is 382 g/mol. The van der Waals surface area contributed by atoms with E-state index in [0.29, 0.717) is 17.9 Å². The van der Waals surface area contributed by atoms with Gasteiger partial charge in [-0.15, -0.1) is 11.8 Å². The zero-order valence-electron chi connectivity index (χ0n) is 16.5. The van der Waals surface area contributed by atoms with Crippen LogP contribution in [-0.2, 0) is 11.8 Å². The van der Waals surface area contributed by atoms with Gasteiger partial charge in [0.2, 0.25) is 0 Å². The van der Waals surface area contributed by atoms with Gasteiger partial charge in [0.05, 0.1) is 17.7 Å². The molecule has 0 N–H and O–H groups in total. The van der Waals surface area contributed by atoms with Crippen LogP contribution < -0.4 is 0 Å². The van der Waals surface area contributed by atoms with Crippen LogP contribution in [0.5, 0.6) is 0 Å². The van der Waals surface area contributed by atoms with Crippen LogP contribution in [0.1, 0.15) is 17.3 Å². The van der Waals surface area contributed by atoms with Crippen LogP contribution in [0, 0.1) is 0 Å². The Labute approximate surface area is 173 Å². The molecule has 0 saturated carbocycles. The minimum atomic E-state index is -0.368. The number of pyridine rings is 1. The fourth-order valence-corrected chi connectivity index (χ4v) is 4.22. The molecule has 0 saturated heterocycles. The predicted octanol–water partition coefficient (Wildman–Crippen LogP) is 5.20. The van der Waals surface area contributed by atoms with Gasteiger partial charge >= 0.3 is 5.97 Å². The quantitative estimate of drug-likeness (QED) is 0.339. The molecular formula is C23H21N3O2S. The molecule has 0 amide bonds. The fraction of sp³-hybridized carbons (Fsp3) is 0.174. The molecule has 0 spiro atoms. The van der Waals surface area contributed by atoms with Gasteiger partial charge in [-0.1, -0.05) is 60.7 Å². The van der Waals surface area contributed by atoms with Crippen molar-refractivity contribution in [3.63, 3.8) is 0 Å². The van der Waals surface area contributed by atoms with E-state index in [0.717, 1.165) is 32.7 Å². The lowest BCUT2D eigenvalue weighted by Gasteiger charge is -2.14. The smallest absolute Gasteiger partial charge is 0.341 e. The maximum atomic E-state index is 13.0. The van der Waals surface area contributed by atoms with E-state index in [2.05, 4.69) is 0 Å². The van der Waals surface area contributed by atoms with Crippen molar-refractivity contribution < 1.29 is 9.53 Å². The molecule has 0 bridgehead atoms. The average molecular weight is 404 g/mol. The monoisotopic (exact) mass is 403 g/mol. The summed E-state index contributed by atoms with van der Waals surface area (Å²) in [5, 5.41) is 5.61. The van der Waals surface area contributed by atoms with E-state index in [1.807, 2.05) is 80.9 Å². The van der Waals surface area contributed by atoms with Crippen molar-refractivity contribution in [2.45, 2.75) is 11.8 Å². The predicted molar refractivity (Wildman–Crippen MR) is 117 cm³/mol. The normalized spacial score (nSPS) is 11.0. The van der Waals surface area contributed by atoms with E-state index in [-0.39, 0.29) is 5.97 Å². The zero-order chi connectivity index (χ0) is 20.4. The molecule has 2 aromatic carbocycles. The lowest BCUT2D eigenvalue weighted by Crippen LogP contribution is -2.10. The van der Waals surface area contributed by atoms with Gasteiger partial charge in [-0.2, -0.15) is 5.10 Å². The standard InChI is InChI=1S/C23H21N3O2S/c1-4-28-23(27)18-19(15-11-7-5-8-12-15)24-22-17(21(18)29-3)20(25-26(22)2)16-13-9-6-10-14-16/h5-14H,4H2,1-3H3. The number of hydrogen-bond acceptors (Lipinski definition) is 5. The summed E-state index contributed by atoms with van der Waals surface area (Å²) >= 11 is 1.52.